The highest BCUT2D eigenvalue weighted by atomic mass is 19.1. The fraction of sp³-hybridized carbons (Fsp3) is 0.556. The predicted molar refractivity (Wildman–Crippen MR) is 54.8 cm³/mol. The minimum atomic E-state index is -2.44. The normalized spacial score (nSPS) is 32.9. The Morgan fingerprint density at radius 1 is 1.76 bits per heavy atom. The Morgan fingerprint density at radius 2 is 2.47 bits per heavy atom. The lowest BCUT2D eigenvalue weighted by molar-refractivity contribution is -0.0509. The van der Waals surface area contributed by atoms with Crippen LogP contribution in [0.15, 0.2) is 17.1 Å². The maximum Gasteiger partial charge on any atom is 0.352 e. The van der Waals surface area contributed by atoms with Gasteiger partial charge in [-0.05, 0) is 6.07 Å². The van der Waals surface area contributed by atoms with E-state index in [1.807, 2.05) is 0 Å². The number of aromatic nitrogens is 2. The molecule has 1 fully saturated rings. The average molecular weight is 245 g/mol. The first-order valence-electron chi connectivity index (χ1n) is 4.94. The van der Waals surface area contributed by atoms with Gasteiger partial charge in [0, 0.05) is 6.20 Å². The van der Waals surface area contributed by atoms with Gasteiger partial charge in [-0.1, -0.05) is 0 Å². The molecule has 94 valence electrons. The number of anilines is 1. The number of aliphatic hydroxyl groups excluding tert-OH is 2. The first kappa shape index (κ1) is 12.0. The number of nitrogens with zero attached hydrogens (tertiary/aromatic N) is 2. The molecule has 0 saturated carbocycles. The molecular formula is C9H12FN3O4. The van der Waals surface area contributed by atoms with E-state index < -0.39 is 36.9 Å². The summed E-state index contributed by atoms with van der Waals surface area (Å²) in [6.45, 7) is -1.07. The summed E-state index contributed by atoms with van der Waals surface area (Å²) in [6.07, 6.45) is -1.61. The molecule has 17 heavy (non-hydrogen) atoms. The van der Waals surface area contributed by atoms with Gasteiger partial charge in [0.15, 0.2) is 0 Å². The van der Waals surface area contributed by atoms with Crippen molar-refractivity contribution in [3.8, 4) is 0 Å². The number of nitrogen functional groups attached to an aromatic ring is 1. The molecule has 1 unspecified atom stereocenters. The number of alkyl halides is 1. The van der Waals surface area contributed by atoms with E-state index in [-0.39, 0.29) is 5.82 Å². The summed E-state index contributed by atoms with van der Waals surface area (Å²) in [4.78, 5) is 14.8. The number of hydrogen-bond donors (Lipinski definition) is 3. The molecule has 1 saturated heterocycles. The SMILES string of the molecule is Nc1ccn([C@]2(F)COC(CO)[C@H]2O)c(=O)n1. The molecule has 4 N–H and O–H groups in total. The van der Waals surface area contributed by atoms with Crippen molar-refractivity contribution in [2.24, 2.45) is 0 Å². The van der Waals surface area contributed by atoms with Crippen LogP contribution in [0.3, 0.4) is 0 Å². The molecule has 8 heteroatoms. The maximum absolute atomic E-state index is 14.5. The Balaban J connectivity index is 2.42. The van der Waals surface area contributed by atoms with Crippen LogP contribution in [0.1, 0.15) is 0 Å². The van der Waals surface area contributed by atoms with Gasteiger partial charge >= 0.3 is 5.69 Å². The zero-order valence-corrected chi connectivity index (χ0v) is 8.78. The van der Waals surface area contributed by atoms with Gasteiger partial charge in [-0.25, -0.2) is 9.18 Å². The van der Waals surface area contributed by atoms with Crippen LogP contribution >= 0.6 is 0 Å². The molecule has 0 amide bonds. The molecule has 0 aliphatic carbocycles. The summed E-state index contributed by atoms with van der Waals surface area (Å²) in [6, 6.07) is 1.24. The third-order valence-corrected chi connectivity index (χ3v) is 2.71. The van der Waals surface area contributed by atoms with E-state index >= 15 is 0 Å². The van der Waals surface area contributed by atoms with E-state index in [1.165, 1.54) is 6.07 Å². The molecule has 2 rings (SSSR count). The van der Waals surface area contributed by atoms with E-state index in [2.05, 4.69) is 4.98 Å². The van der Waals surface area contributed by atoms with Gasteiger partial charge in [-0.2, -0.15) is 4.98 Å². The minimum absolute atomic E-state index is 0.0398. The van der Waals surface area contributed by atoms with E-state index in [0.717, 1.165) is 6.20 Å². The van der Waals surface area contributed by atoms with E-state index in [9.17, 15) is 14.3 Å². The van der Waals surface area contributed by atoms with Crippen molar-refractivity contribution in [3.63, 3.8) is 0 Å². The van der Waals surface area contributed by atoms with Gasteiger partial charge in [0.1, 0.15) is 24.6 Å². The van der Waals surface area contributed by atoms with Crippen molar-refractivity contribution in [2.75, 3.05) is 18.9 Å². The molecule has 0 bridgehead atoms. The zero-order valence-electron chi connectivity index (χ0n) is 8.78. The molecule has 2 heterocycles. The summed E-state index contributed by atoms with van der Waals surface area (Å²) >= 11 is 0. The molecule has 3 atom stereocenters. The molecular weight excluding hydrogens is 233 g/mol. The summed E-state index contributed by atoms with van der Waals surface area (Å²) in [7, 11) is 0. The second-order valence-corrected chi connectivity index (χ2v) is 3.80. The predicted octanol–water partition coefficient (Wildman–Crippen LogP) is -1.80. The Morgan fingerprint density at radius 3 is 3.00 bits per heavy atom. The number of hydrogen-bond acceptors (Lipinski definition) is 6. The first-order valence-corrected chi connectivity index (χ1v) is 4.94. The van der Waals surface area contributed by atoms with Crippen molar-refractivity contribution in [1.29, 1.82) is 0 Å². The largest absolute Gasteiger partial charge is 0.394 e. The second-order valence-electron chi connectivity index (χ2n) is 3.80. The lowest BCUT2D eigenvalue weighted by Gasteiger charge is -2.24. The van der Waals surface area contributed by atoms with Crippen LogP contribution in [0.5, 0.6) is 0 Å². The third-order valence-electron chi connectivity index (χ3n) is 2.71. The first-order chi connectivity index (χ1) is 7.99. The molecule has 0 spiro atoms. The quantitative estimate of drug-likeness (QED) is 0.567. The number of rotatable bonds is 2. The van der Waals surface area contributed by atoms with E-state index in [1.54, 1.807) is 0 Å². The molecule has 1 aliphatic heterocycles. The summed E-state index contributed by atoms with van der Waals surface area (Å²) in [5, 5.41) is 18.5. The van der Waals surface area contributed by atoms with Gasteiger partial charge in [0.25, 0.3) is 0 Å². The van der Waals surface area contributed by atoms with Crippen LogP contribution in [-0.4, -0.2) is 45.2 Å². The second kappa shape index (κ2) is 4.06. The average Bonchev–Trinajstić information content (AvgIpc) is 2.56. The number of aliphatic hydroxyl groups is 2. The standard InChI is InChI=1S/C9H12FN3O4/c10-9(4-17-5(3-14)7(9)15)13-2-1-6(11)12-8(13)16/h1-2,5,7,14-15H,3-4H2,(H2,11,12,16)/t5?,7-,9-/m1/s1. The van der Waals surface area contributed by atoms with E-state index in [4.69, 9.17) is 15.6 Å². The minimum Gasteiger partial charge on any atom is -0.394 e. The van der Waals surface area contributed by atoms with Crippen molar-refractivity contribution in [1.82, 2.24) is 9.55 Å². The molecule has 0 radical (unpaired) electrons. The fourth-order valence-electron chi connectivity index (χ4n) is 1.75. The van der Waals surface area contributed by atoms with Crippen LogP contribution in [0.2, 0.25) is 0 Å². The van der Waals surface area contributed by atoms with Crippen molar-refractivity contribution >= 4 is 5.82 Å². The fourth-order valence-corrected chi connectivity index (χ4v) is 1.75. The molecule has 1 aromatic heterocycles. The Labute approximate surface area is 95.3 Å². The van der Waals surface area contributed by atoms with Crippen LogP contribution in [0.4, 0.5) is 10.2 Å². The van der Waals surface area contributed by atoms with Crippen LogP contribution in [0.25, 0.3) is 0 Å². The zero-order chi connectivity index (χ0) is 12.6. The van der Waals surface area contributed by atoms with Gasteiger partial charge in [-0.15, -0.1) is 0 Å². The van der Waals surface area contributed by atoms with E-state index in [0.29, 0.717) is 4.57 Å². The lowest BCUT2D eigenvalue weighted by Crippen LogP contribution is -2.48. The van der Waals surface area contributed by atoms with Gasteiger partial charge in [-0.3, -0.25) is 4.57 Å². The Hall–Kier alpha value is -1.51. The van der Waals surface area contributed by atoms with Gasteiger partial charge < -0.3 is 20.7 Å². The number of halogens is 1. The van der Waals surface area contributed by atoms with Gasteiger partial charge in [0.05, 0.1) is 6.61 Å². The van der Waals surface area contributed by atoms with Crippen molar-refractivity contribution in [3.05, 3.63) is 22.7 Å². The molecule has 7 nitrogen and oxygen atoms in total. The maximum atomic E-state index is 14.5. The van der Waals surface area contributed by atoms with Crippen molar-refractivity contribution in [2.45, 2.75) is 18.0 Å². The van der Waals surface area contributed by atoms with Crippen LogP contribution < -0.4 is 11.4 Å². The number of ether oxygens (including phenoxy) is 1. The highest BCUT2D eigenvalue weighted by Crippen LogP contribution is 2.32. The molecule has 1 aliphatic rings. The Bertz CT molecular complexity index is 480. The summed E-state index contributed by atoms with van der Waals surface area (Å²) in [5.74, 6) is -2.48. The molecule has 1 aromatic rings. The topological polar surface area (TPSA) is 111 Å². The summed E-state index contributed by atoms with van der Waals surface area (Å²) < 4.78 is 20.0. The smallest absolute Gasteiger partial charge is 0.352 e. The van der Waals surface area contributed by atoms with Gasteiger partial charge in [0.2, 0.25) is 5.79 Å². The molecule has 0 aromatic carbocycles. The van der Waals surface area contributed by atoms with Crippen LogP contribution in [-0.2, 0) is 10.5 Å². The highest BCUT2D eigenvalue weighted by molar-refractivity contribution is 5.24. The number of nitrogens with two attached hydrogens (primary N) is 1. The monoisotopic (exact) mass is 245 g/mol. The van der Waals surface area contributed by atoms with Crippen molar-refractivity contribution < 1.29 is 19.3 Å². The Kier molecular flexibility index (Phi) is 2.86. The van der Waals surface area contributed by atoms with Crippen LogP contribution in [0, 0.1) is 0 Å². The highest BCUT2D eigenvalue weighted by Gasteiger charge is 2.52. The summed E-state index contributed by atoms with van der Waals surface area (Å²) in [5.41, 5.74) is 4.35. The third kappa shape index (κ3) is 1.79. The lowest BCUT2D eigenvalue weighted by atomic mass is 10.1.